The van der Waals surface area contributed by atoms with Gasteiger partial charge in [0.25, 0.3) is 0 Å². The Morgan fingerprint density at radius 2 is 1.27 bits per heavy atom. The van der Waals surface area contributed by atoms with E-state index >= 15 is 0 Å². The summed E-state index contributed by atoms with van der Waals surface area (Å²) in [6, 6.07) is 7.80. The minimum Gasteiger partial charge on any atom is -0.253 e. The SMILES string of the molecule is [Ag].c1ccc2nccnc2c1. The summed E-state index contributed by atoms with van der Waals surface area (Å²) in [7, 11) is 0. The Balaban J connectivity index is 0.000000605. The van der Waals surface area contributed by atoms with E-state index in [0.717, 1.165) is 11.0 Å². The molecule has 11 heavy (non-hydrogen) atoms. The number of aromatic nitrogens is 2. The van der Waals surface area contributed by atoms with Crippen LogP contribution in [0.4, 0.5) is 0 Å². The molecule has 0 spiro atoms. The van der Waals surface area contributed by atoms with E-state index in [1.54, 1.807) is 12.4 Å². The fourth-order valence-electron chi connectivity index (χ4n) is 0.910. The predicted octanol–water partition coefficient (Wildman–Crippen LogP) is 1.63. The van der Waals surface area contributed by atoms with Crippen LogP contribution in [0.25, 0.3) is 11.0 Å². The second-order valence-electron chi connectivity index (χ2n) is 2.05. The first-order valence-electron chi connectivity index (χ1n) is 3.12. The molecule has 1 aromatic heterocycles. The number of rotatable bonds is 0. The van der Waals surface area contributed by atoms with Gasteiger partial charge < -0.3 is 0 Å². The number of para-hydroxylation sites is 2. The van der Waals surface area contributed by atoms with Crippen molar-refractivity contribution in [1.82, 2.24) is 9.97 Å². The summed E-state index contributed by atoms with van der Waals surface area (Å²) in [6.07, 6.45) is 3.39. The van der Waals surface area contributed by atoms with Gasteiger partial charge in [-0.3, -0.25) is 9.97 Å². The molecule has 1 heterocycles. The minimum atomic E-state index is 0. The quantitative estimate of drug-likeness (QED) is 0.652. The number of hydrogen-bond donors (Lipinski definition) is 0. The van der Waals surface area contributed by atoms with Crippen LogP contribution in [0.1, 0.15) is 0 Å². The first-order valence-corrected chi connectivity index (χ1v) is 3.12. The van der Waals surface area contributed by atoms with Crippen LogP contribution >= 0.6 is 0 Å². The van der Waals surface area contributed by atoms with E-state index in [1.807, 2.05) is 24.3 Å². The van der Waals surface area contributed by atoms with Crippen molar-refractivity contribution in [1.29, 1.82) is 0 Å². The summed E-state index contributed by atoms with van der Waals surface area (Å²) >= 11 is 0. The van der Waals surface area contributed by atoms with Crippen molar-refractivity contribution in [3.05, 3.63) is 36.7 Å². The van der Waals surface area contributed by atoms with Gasteiger partial charge in [0.1, 0.15) is 0 Å². The molecule has 1 aromatic carbocycles. The fourth-order valence-corrected chi connectivity index (χ4v) is 0.910. The Kier molecular flexibility index (Phi) is 2.77. The van der Waals surface area contributed by atoms with E-state index in [9.17, 15) is 0 Å². The summed E-state index contributed by atoms with van der Waals surface area (Å²) in [5.74, 6) is 0. The van der Waals surface area contributed by atoms with Gasteiger partial charge in [-0.1, -0.05) is 12.1 Å². The molecule has 0 aliphatic carbocycles. The van der Waals surface area contributed by atoms with E-state index in [4.69, 9.17) is 0 Å². The molecule has 0 amide bonds. The molecule has 0 bridgehead atoms. The van der Waals surface area contributed by atoms with Crippen LogP contribution < -0.4 is 0 Å². The zero-order valence-corrected chi connectivity index (χ0v) is 7.14. The van der Waals surface area contributed by atoms with Gasteiger partial charge in [0.05, 0.1) is 11.0 Å². The van der Waals surface area contributed by atoms with Gasteiger partial charge in [-0.2, -0.15) is 0 Å². The molecule has 2 rings (SSSR count). The third kappa shape index (κ3) is 1.66. The van der Waals surface area contributed by atoms with Crippen molar-refractivity contribution in [3.63, 3.8) is 0 Å². The first kappa shape index (κ1) is 8.40. The van der Waals surface area contributed by atoms with Crippen LogP contribution in [-0.2, 0) is 22.4 Å². The van der Waals surface area contributed by atoms with E-state index in [1.165, 1.54) is 0 Å². The molecule has 0 unspecified atom stereocenters. The Morgan fingerprint density at radius 1 is 0.818 bits per heavy atom. The largest absolute Gasteiger partial charge is 0.253 e. The van der Waals surface area contributed by atoms with Gasteiger partial charge in [-0.15, -0.1) is 0 Å². The van der Waals surface area contributed by atoms with Gasteiger partial charge in [0.15, 0.2) is 0 Å². The summed E-state index contributed by atoms with van der Waals surface area (Å²) in [4.78, 5) is 8.24. The smallest absolute Gasteiger partial charge is 0.0886 e. The summed E-state index contributed by atoms with van der Waals surface area (Å²) < 4.78 is 0. The summed E-state index contributed by atoms with van der Waals surface area (Å²) in [5, 5.41) is 0. The molecule has 2 nitrogen and oxygen atoms in total. The molecule has 0 atom stereocenters. The van der Waals surface area contributed by atoms with Crippen molar-refractivity contribution < 1.29 is 22.4 Å². The number of hydrogen-bond acceptors (Lipinski definition) is 2. The minimum absolute atomic E-state index is 0. The van der Waals surface area contributed by atoms with E-state index < -0.39 is 0 Å². The molecule has 59 valence electrons. The van der Waals surface area contributed by atoms with Crippen LogP contribution in [-0.4, -0.2) is 9.97 Å². The van der Waals surface area contributed by atoms with Crippen molar-refractivity contribution in [2.24, 2.45) is 0 Å². The van der Waals surface area contributed by atoms with Crippen molar-refractivity contribution in [2.45, 2.75) is 0 Å². The Hall–Kier alpha value is -0.700. The standard InChI is InChI=1S/C8H6N2.Ag/c1-2-4-8-7(3-1)9-5-6-10-8;/h1-6H;. The number of fused-ring (bicyclic) bond motifs is 1. The molecule has 0 fully saturated rings. The van der Waals surface area contributed by atoms with Crippen molar-refractivity contribution >= 4 is 11.0 Å². The average Bonchev–Trinajstić information content (AvgIpc) is 2.05. The van der Waals surface area contributed by atoms with E-state index in [2.05, 4.69) is 9.97 Å². The van der Waals surface area contributed by atoms with E-state index in [-0.39, 0.29) is 22.4 Å². The normalized spacial score (nSPS) is 9.09. The number of benzene rings is 1. The summed E-state index contributed by atoms with van der Waals surface area (Å²) in [5.41, 5.74) is 1.90. The summed E-state index contributed by atoms with van der Waals surface area (Å²) in [6.45, 7) is 0. The number of nitrogens with zero attached hydrogens (tertiary/aromatic N) is 2. The van der Waals surface area contributed by atoms with Crippen LogP contribution in [0.3, 0.4) is 0 Å². The average molecular weight is 238 g/mol. The second-order valence-corrected chi connectivity index (χ2v) is 2.05. The maximum absolute atomic E-state index is 4.12. The van der Waals surface area contributed by atoms with Crippen LogP contribution in [0.2, 0.25) is 0 Å². The monoisotopic (exact) mass is 237 g/mol. The molecule has 3 heteroatoms. The zero-order valence-electron chi connectivity index (χ0n) is 5.66. The fraction of sp³-hybridized carbons (Fsp3) is 0. The molecule has 0 N–H and O–H groups in total. The van der Waals surface area contributed by atoms with Gasteiger partial charge >= 0.3 is 0 Å². The van der Waals surface area contributed by atoms with Gasteiger partial charge in [-0.05, 0) is 12.1 Å². The topological polar surface area (TPSA) is 25.8 Å². The van der Waals surface area contributed by atoms with E-state index in [0.29, 0.717) is 0 Å². The Morgan fingerprint density at radius 3 is 1.73 bits per heavy atom. The molecule has 2 aromatic rings. The van der Waals surface area contributed by atoms with Gasteiger partial charge in [0, 0.05) is 34.8 Å². The van der Waals surface area contributed by atoms with Crippen molar-refractivity contribution in [3.8, 4) is 0 Å². The molecule has 0 aliphatic rings. The van der Waals surface area contributed by atoms with Gasteiger partial charge in [-0.25, -0.2) is 0 Å². The molecule has 0 saturated heterocycles. The van der Waals surface area contributed by atoms with Crippen LogP contribution in [0.15, 0.2) is 36.7 Å². The zero-order chi connectivity index (χ0) is 6.81. The Bertz CT molecular complexity index is 283. The molecular weight excluding hydrogens is 232 g/mol. The van der Waals surface area contributed by atoms with Crippen LogP contribution in [0.5, 0.6) is 0 Å². The third-order valence-corrected chi connectivity index (χ3v) is 1.38. The third-order valence-electron chi connectivity index (χ3n) is 1.38. The maximum atomic E-state index is 4.12. The molecule has 0 saturated carbocycles. The molecule has 0 aliphatic heterocycles. The Labute approximate surface area is 80.2 Å². The second kappa shape index (κ2) is 3.62. The van der Waals surface area contributed by atoms with Crippen LogP contribution in [0, 0.1) is 0 Å². The molecular formula is C8H6AgN2. The predicted molar refractivity (Wildman–Crippen MR) is 39.5 cm³/mol. The maximum Gasteiger partial charge on any atom is 0.0886 e. The first-order chi connectivity index (χ1) is 4.97. The molecule has 1 radical (unpaired) electrons. The van der Waals surface area contributed by atoms with Crippen molar-refractivity contribution in [2.75, 3.05) is 0 Å². The van der Waals surface area contributed by atoms with Gasteiger partial charge in [0.2, 0.25) is 0 Å².